The third-order valence-electron chi connectivity index (χ3n) is 4.52. The first-order valence-corrected chi connectivity index (χ1v) is 9.36. The second-order valence-corrected chi connectivity index (χ2v) is 7.46. The van der Waals surface area contributed by atoms with Crippen molar-refractivity contribution in [1.82, 2.24) is 9.78 Å². The van der Waals surface area contributed by atoms with Crippen molar-refractivity contribution in [3.8, 4) is 17.6 Å². The fourth-order valence-corrected chi connectivity index (χ4v) is 3.80. The third kappa shape index (κ3) is 2.89. The number of rotatable bonds is 2. The average molecular weight is 442 g/mol. The number of hydrogen-bond donors (Lipinski definition) is 1. The molecule has 2 N–H and O–H groups in total. The van der Waals surface area contributed by atoms with Crippen LogP contribution in [0, 0.1) is 18.3 Å². The Bertz CT molecular complexity index is 1110. The monoisotopic (exact) mass is 440 g/mol. The molecular weight excluding hydrogens is 428 g/mol. The topological polar surface area (TPSA) is 76.9 Å². The molecule has 1 aliphatic heterocycles. The van der Waals surface area contributed by atoms with Gasteiger partial charge in [0.25, 0.3) is 0 Å². The highest BCUT2D eigenvalue weighted by atomic mass is 79.9. The van der Waals surface area contributed by atoms with Crippen molar-refractivity contribution in [2.45, 2.75) is 12.8 Å². The summed E-state index contributed by atoms with van der Waals surface area (Å²) in [6, 6.07) is 17.3. The van der Waals surface area contributed by atoms with Gasteiger partial charge in [0.05, 0.1) is 22.9 Å². The van der Waals surface area contributed by atoms with Crippen LogP contribution in [0.5, 0.6) is 5.88 Å². The third-order valence-corrected chi connectivity index (χ3v) is 5.39. The zero-order valence-corrected chi connectivity index (χ0v) is 16.6. The summed E-state index contributed by atoms with van der Waals surface area (Å²) in [4.78, 5) is 0. The highest BCUT2D eigenvalue weighted by Gasteiger charge is 2.36. The number of nitriles is 1. The van der Waals surface area contributed by atoms with Crippen LogP contribution in [0.3, 0.4) is 0 Å². The minimum Gasteiger partial charge on any atom is -0.422 e. The Morgan fingerprint density at radius 2 is 1.93 bits per heavy atom. The van der Waals surface area contributed by atoms with Gasteiger partial charge in [-0.3, -0.25) is 0 Å². The van der Waals surface area contributed by atoms with E-state index >= 15 is 0 Å². The van der Waals surface area contributed by atoms with Crippen molar-refractivity contribution < 1.29 is 4.74 Å². The van der Waals surface area contributed by atoms with E-state index in [2.05, 4.69) is 27.1 Å². The maximum absolute atomic E-state index is 9.71. The Balaban J connectivity index is 1.97. The lowest BCUT2D eigenvalue weighted by Crippen LogP contribution is -2.22. The lowest BCUT2D eigenvalue weighted by atomic mass is 9.84. The van der Waals surface area contributed by atoms with Crippen molar-refractivity contribution in [2.75, 3.05) is 0 Å². The fraction of sp³-hybridized carbons (Fsp3) is 0.100. The molecule has 0 saturated heterocycles. The van der Waals surface area contributed by atoms with Crippen LogP contribution < -0.4 is 10.5 Å². The molecule has 0 unspecified atom stereocenters. The molecule has 27 heavy (non-hydrogen) atoms. The van der Waals surface area contributed by atoms with E-state index in [0.717, 1.165) is 27.0 Å². The van der Waals surface area contributed by atoms with E-state index in [0.29, 0.717) is 16.5 Å². The SMILES string of the molecule is Cc1nn(-c2ccc(Br)cc2)c2c1[C@@H](c1ccccc1Cl)C(C#N)=C(N)O2. The van der Waals surface area contributed by atoms with Crippen LogP contribution in [-0.2, 0) is 0 Å². The number of nitrogens with zero attached hydrogens (tertiary/aromatic N) is 3. The van der Waals surface area contributed by atoms with Crippen molar-refractivity contribution >= 4 is 27.5 Å². The summed E-state index contributed by atoms with van der Waals surface area (Å²) >= 11 is 9.88. The summed E-state index contributed by atoms with van der Waals surface area (Å²) < 4.78 is 8.50. The molecule has 5 nitrogen and oxygen atoms in total. The zero-order valence-electron chi connectivity index (χ0n) is 14.3. The lowest BCUT2D eigenvalue weighted by molar-refractivity contribution is 0.367. The van der Waals surface area contributed by atoms with E-state index in [1.165, 1.54) is 0 Å². The molecule has 1 aromatic heterocycles. The number of fused-ring (bicyclic) bond motifs is 1. The Morgan fingerprint density at radius 3 is 2.59 bits per heavy atom. The van der Waals surface area contributed by atoms with Crippen LogP contribution >= 0.6 is 27.5 Å². The largest absolute Gasteiger partial charge is 0.422 e. The van der Waals surface area contributed by atoms with Crippen LogP contribution in [0.4, 0.5) is 0 Å². The number of benzene rings is 2. The van der Waals surface area contributed by atoms with E-state index in [1.54, 1.807) is 10.7 Å². The molecule has 4 rings (SSSR count). The second kappa shape index (κ2) is 6.76. The van der Waals surface area contributed by atoms with Gasteiger partial charge in [-0.25, -0.2) is 4.68 Å². The maximum atomic E-state index is 9.71. The van der Waals surface area contributed by atoms with Crippen LogP contribution in [0.25, 0.3) is 5.69 Å². The summed E-state index contributed by atoms with van der Waals surface area (Å²) in [6.07, 6.45) is 0. The molecule has 7 heteroatoms. The standard InChI is InChI=1S/C20H14BrClN4O/c1-11-17-18(14-4-2-3-5-16(14)22)15(10-23)19(24)27-20(17)26(25-11)13-8-6-12(21)7-9-13/h2-9,18H,24H2,1H3/t18-/m0/s1. The van der Waals surface area contributed by atoms with Gasteiger partial charge in [0.2, 0.25) is 11.8 Å². The summed E-state index contributed by atoms with van der Waals surface area (Å²) in [5.41, 5.74) is 9.59. The summed E-state index contributed by atoms with van der Waals surface area (Å²) in [7, 11) is 0. The van der Waals surface area contributed by atoms with Gasteiger partial charge in [0.1, 0.15) is 11.6 Å². The normalized spacial score (nSPS) is 15.9. The highest BCUT2D eigenvalue weighted by Crippen LogP contribution is 2.46. The predicted molar refractivity (Wildman–Crippen MR) is 107 cm³/mol. The average Bonchev–Trinajstić information content (AvgIpc) is 2.98. The number of hydrogen-bond acceptors (Lipinski definition) is 4. The van der Waals surface area contributed by atoms with Crippen molar-refractivity contribution in [3.05, 3.63) is 86.3 Å². The smallest absolute Gasteiger partial charge is 0.229 e. The van der Waals surface area contributed by atoms with Gasteiger partial charge in [-0.05, 0) is 42.8 Å². The molecule has 0 bridgehead atoms. The van der Waals surface area contributed by atoms with E-state index in [9.17, 15) is 5.26 Å². The minimum atomic E-state index is -0.434. The quantitative estimate of drug-likeness (QED) is 0.619. The van der Waals surface area contributed by atoms with E-state index in [4.69, 9.17) is 22.1 Å². The summed E-state index contributed by atoms with van der Waals surface area (Å²) in [5, 5.41) is 14.9. The molecule has 1 aliphatic rings. The van der Waals surface area contributed by atoms with E-state index in [-0.39, 0.29) is 5.88 Å². The lowest BCUT2D eigenvalue weighted by Gasteiger charge is -2.25. The number of allylic oxidation sites excluding steroid dienone is 1. The molecule has 1 atom stereocenters. The molecule has 134 valence electrons. The Kier molecular flexibility index (Phi) is 4.42. The van der Waals surface area contributed by atoms with Gasteiger partial charge in [0, 0.05) is 9.50 Å². The van der Waals surface area contributed by atoms with Gasteiger partial charge in [-0.2, -0.15) is 10.4 Å². The summed E-state index contributed by atoms with van der Waals surface area (Å²) in [5.74, 6) is 0.126. The minimum absolute atomic E-state index is 0.0631. The highest BCUT2D eigenvalue weighted by molar-refractivity contribution is 9.10. The molecule has 0 amide bonds. The van der Waals surface area contributed by atoms with Crippen LogP contribution in [0.1, 0.15) is 22.7 Å². The van der Waals surface area contributed by atoms with Gasteiger partial charge in [-0.1, -0.05) is 45.7 Å². The molecule has 2 heterocycles. The first-order chi connectivity index (χ1) is 13.0. The Labute approximate surface area is 169 Å². The van der Waals surface area contributed by atoms with Crippen molar-refractivity contribution in [1.29, 1.82) is 5.26 Å². The predicted octanol–water partition coefficient (Wildman–Crippen LogP) is 4.81. The van der Waals surface area contributed by atoms with Crippen molar-refractivity contribution in [2.24, 2.45) is 5.73 Å². The van der Waals surface area contributed by atoms with Crippen LogP contribution in [0.2, 0.25) is 5.02 Å². The van der Waals surface area contributed by atoms with Gasteiger partial charge in [0.15, 0.2) is 0 Å². The van der Waals surface area contributed by atoms with Gasteiger partial charge in [-0.15, -0.1) is 0 Å². The fourth-order valence-electron chi connectivity index (χ4n) is 3.29. The first-order valence-electron chi connectivity index (χ1n) is 8.18. The Morgan fingerprint density at radius 1 is 1.22 bits per heavy atom. The van der Waals surface area contributed by atoms with E-state index in [1.807, 2.05) is 49.4 Å². The summed E-state index contributed by atoms with van der Waals surface area (Å²) in [6.45, 7) is 1.89. The molecule has 0 fully saturated rings. The molecule has 0 radical (unpaired) electrons. The number of ether oxygens (including phenoxy) is 1. The van der Waals surface area contributed by atoms with Crippen LogP contribution in [-0.4, -0.2) is 9.78 Å². The van der Waals surface area contributed by atoms with Gasteiger partial charge < -0.3 is 10.5 Å². The molecule has 0 spiro atoms. The molecular formula is C20H14BrClN4O. The number of aryl methyl sites for hydroxylation is 1. The molecule has 0 aliphatic carbocycles. The van der Waals surface area contributed by atoms with Crippen LogP contribution in [0.15, 0.2) is 64.5 Å². The number of nitrogens with two attached hydrogens (primary N) is 1. The maximum Gasteiger partial charge on any atom is 0.229 e. The second-order valence-electron chi connectivity index (χ2n) is 6.14. The van der Waals surface area contributed by atoms with Gasteiger partial charge >= 0.3 is 0 Å². The molecule has 3 aromatic rings. The number of aromatic nitrogens is 2. The first kappa shape index (κ1) is 17.7. The zero-order chi connectivity index (χ0) is 19.1. The molecule has 0 saturated carbocycles. The van der Waals surface area contributed by atoms with Crippen molar-refractivity contribution in [3.63, 3.8) is 0 Å². The number of halogens is 2. The molecule has 2 aromatic carbocycles. The Hall–Kier alpha value is -2.75. The van der Waals surface area contributed by atoms with E-state index < -0.39 is 5.92 Å².